The Morgan fingerprint density at radius 1 is 1.44 bits per heavy atom. The van der Waals surface area contributed by atoms with Gasteiger partial charge < -0.3 is 9.67 Å². The topological polar surface area (TPSA) is 38.1 Å². The average molecular weight is 241 g/mol. The standard InChI is InChI=1S/C11H10ClFN2O/c12-9-5-8(1-2-10(9)13)6-15-4-3-14-11(15)7-16/h1-5,16H,6-7H2. The molecule has 0 bridgehead atoms. The van der Waals surface area contributed by atoms with Crippen molar-refractivity contribution in [1.29, 1.82) is 0 Å². The predicted octanol–water partition coefficient (Wildman–Crippen LogP) is 2.22. The van der Waals surface area contributed by atoms with Gasteiger partial charge in [-0.3, -0.25) is 0 Å². The minimum atomic E-state index is -0.432. The second-order valence-electron chi connectivity index (χ2n) is 3.38. The maximum Gasteiger partial charge on any atom is 0.141 e. The van der Waals surface area contributed by atoms with E-state index in [1.165, 1.54) is 6.07 Å². The summed E-state index contributed by atoms with van der Waals surface area (Å²) >= 11 is 5.68. The van der Waals surface area contributed by atoms with Crippen molar-refractivity contribution in [3.8, 4) is 0 Å². The molecule has 0 fully saturated rings. The van der Waals surface area contributed by atoms with E-state index in [0.717, 1.165) is 5.56 Å². The van der Waals surface area contributed by atoms with Gasteiger partial charge in [0.2, 0.25) is 0 Å². The molecular weight excluding hydrogens is 231 g/mol. The fraction of sp³-hybridized carbons (Fsp3) is 0.182. The van der Waals surface area contributed by atoms with Crippen LogP contribution in [0.25, 0.3) is 0 Å². The van der Waals surface area contributed by atoms with Crippen molar-refractivity contribution in [2.75, 3.05) is 0 Å². The first-order valence-corrected chi connectivity index (χ1v) is 5.13. The number of benzene rings is 1. The van der Waals surface area contributed by atoms with Crippen LogP contribution in [0, 0.1) is 5.82 Å². The van der Waals surface area contributed by atoms with Gasteiger partial charge in [0.25, 0.3) is 0 Å². The van der Waals surface area contributed by atoms with Crippen LogP contribution in [0.4, 0.5) is 4.39 Å². The number of rotatable bonds is 3. The summed E-state index contributed by atoms with van der Waals surface area (Å²) in [5.74, 6) is 0.138. The Hall–Kier alpha value is -1.39. The van der Waals surface area contributed by atoms with E-state index in [9.17, 15) is 4.39 Å². The van der Waals surface area contributed by atoms with Gasteiger partial charge in [0, 0.05) is 18.9 Å². The number of hydrogen-bond donors (Lipinski definition) is 1. The minimum absolute atomic E-state index is 0.100. The first kappa shape index (κ1) is 11.1. The molecule has 2 aromatic rings. The summed E-state index contributed by atoms with van der Waals surface area (Å²) in [5.41, 5.74) is 0.860. The highest BCUT2D eigenvalue weighted by molar-refractivity contribution is 6.30. The van der Waals surface area contributed by atoms with E-state index in [-0.39, 0.29) is 11.6 Å². The summed E-state index contributed by atoms with van der Waals surface area (Å²) in [6.45, 7) is 0.387. The van der Waals surface area contributed by atoms with Crippen LogP contribution in [0.15, 0.2) is 30.6 Å². The van der Waals surface area contributed by atoms with Gasteiger partial charge in [0.05, 0.1) is 5.02 Å². The van der Waals surface area contributed by atoms with Crippen LogP contribution in [-0.4, -0.2) is 14.7 Å². The molecule has 2 rings (SSSR count). The van der Waals surface area contributed by atoms with Crippen molar-refractivity contribution in [2.24, 2.45) is 0 Å². The fourth-order valence-corrected chi connectivity index (χ4v) is 1.67. The van der Waals surface area contributed by atoms with Crippen molar-refractivity contribution in [3.63, 3.8) is 0 Å². The Morgan fingerprint density at radius 3 is 2.94 bits per heavy atom. The van der Waals surface area contributed by atoms with Crippen molar-refractivity contribution < 1.29 is 9.50 Å². The first-order chi connectivity index (χ1) is 7.70. The van der Waals surface area contributed by atoms with Crippen LogP contribution in [0.5, 0.6) is 0 Å². The summed E-state index contributed by atoms with van der Waals surface area (Å²) in [6, 6.07) is 4.55. The van der Waals surface area contributed by atoms with E-state index in [1.807, 2.05) is 0 Å². The van der Waals surface area contributed by atoms with Gasteiger partial charge in [-0.2, -0.15) is 0 Å². The van der Waals surface area contributed by atoms with Crippen LogP contribution in [0.1, 0.15) is 11.4 Å². The fourth-order valence-electron chi connectivity index (χ4n) is 1.47. The summed E-state index contributed by atoms with van der Waals surface area (Å²) in [6.07, 6.45) is 3.36. The third kappa shape index (κ3) is 2.23. The number of imidazole rings is 1. The van der Waals surface area contributed by atoms with E-state index >= 15 is 0 Å². The van der Waals surface area contributed by atoms with Crippen LogP contribution in [-0.2, 0) is 13.2 Å². The van der Waals surface area contributed by atoms with Gasteiger partial charge in [-0.15, -0.1) is 0 Å². The number of aliphatic hydroxyl groups excluding tert-OH is 1. The summed E-state index contributed by atoms with van der Waals surface area (Å²) < 4.78 is 14.7. The molecule has 84 valence electrons. The van der Waals surface area contributed by atoms with Crippen molar-refractivity contribution in [2.45, 2.75) is 13.2 Å². The molecule has 1 aromatic heterocycles. The van der Waals surface area contributed by atoms with E-state index in [1.54, 1.807) is 29.1 Å². The van der Waals surface area contributed by atoms with E-state index in [0.29, 0.717) is 12.4 Å². The lowest BCUT2D eigenvalue weighted by atomic mass is 10.2. The maximum absolute atomic E-state index is 12.9. The van der Waals surface area contributed by atoms with Crippen LogP contribution in [0.2, 0.25) is 5.02 Å². The molecule has 0 aliphatic rings. The molecule has 3 nitrogen and oxygen atoms in total. The molecule has 0 unspecified atom stereocenters. The summed E-state index contributed by atoms with van der Waals surface area (Å²) in [4.78, 5) is 3.98. The Kier molecular flexibility index (Phi) is 3.22. The number of aliphatic hydroxyl groups is 1. The lowest BCUT2D eigenvalue weighted by Crippen LogP contribution is -2.04. The number of nitrogens with zero attached hydrogens (tertiary/aromatic N) is 2. The molecule has 0 radical (unpaired) electrons. The lowest BCUT2D eigenvalue weighted by molar-refractivity contribution is 0.266. The Morgan fingerprint density at radius 2 is 2.25 bits per heavy atom. The summed E-state index contributed by atoms with van der Waals surface area (Å²) in [5, 5.41) is 9.11. The normalized spacial score (nSPS) is 10.7. The first-order valence-electron chi connectivity index (χ1n) is 4.75. The molecular formula is C11H10ClFN2O. The van der Waals surface area contributed by atoms with E-state index in [2.05, 4.69) is 4.98 Å². The molecule has 1 N–H and O–H groups in total. The second kappa shape index (κ2) is 4.63. The van der Waals surface area contributed by atoms with Crippen molar-refractivity contribution in [3.05, 3.63) is 52.8 Å². The van der Waals surface area contributed by atoms with E-state index in [4.69, 9.17) is 16.7 Å². The maximum atomic E-state index is 12.9. The quantitative estimate of drug-likeness (QED) is 0.893. The molecule has 0 amide bonds. The largest absolute Gasteiger partial charge is 0.388 e. The van der Waals surface area contributed by atoms with Crippen LogP contribution < -0.4 is 0 Å². The highest BCUT2D eigenvalue weighted by Gasteiger charge is 2.04. The van der Waals surface area contributed by atoms with Gasteiger partial charge in [-0.1, -0.05) is 17.7 Å². The van der Waals surface area contributed by atoms with Crippen LogP contribution >= 0.6 is 11.6 Å². The SMILES string of the molecule is OCc1nccn1Cc1ccc(F)c(Cl)c1. The molecule has 0 saturated heterocycles. The third-order valence-electron chi connectivity index (χ3n) is 2.28. The predicted molar refractivity (Wildman–Crippen MR) is 58.7 cm³/mol. The number of hydrogen-bond acceptors (Lipinski definition) is 2. The van der Waals surface area contributed by atoms with Gasteiger partial charge in [-0.25, -0.2) is 9.37 Å². The van der Waals surface area contributed by atoms with Gasteiger partial charge in [0.1, 0.15) is 18.2 Å². The zero-order chi connectivity index (χ0) is 11.5. The van der Waals surface area contributed by atoms with Gasteiger partial charge >= 0.3 is 0 Å². The van der Waals surface area contributed by atoms with E-state index < -0.39 is 5.82 Å². The lowest BCUT2D eigenvalue weighted by Gasteiger charge is -2.06. The molecule has 5 heteroatoms. The van der Waals surface area contributed by atoms with Crippen molar-refractivity contribution >= 4 is 11.6 Å². The monoisotopic (exact) mass is 240 g/mol. The Bertz CT molecular complexity index is 498. The molecule has 1 heterocycles. The van der Waals surface area contributed by atoms with Gasteiger partial charge in [0.15, 0.2) is 0 Å². The number of aromatic nitrogens is 2. The number of halogens is 2. The highest BCUT2D eigenvalue weighted by Crippen LogP contribution is 2.17. The summed E-state index contributed by atoms with van der Waals surface area (Å²) in [7, 11) is 0. The molecule has 0 aliphatic carbocycles. The molecule has 1 aromatic carbocycles. The smallest absolute Gasteiger partial charge is 0.141 e. The molecule has 0 atom stereocenters. The van der Waals surface area contributed by atoms with Crippen LogP contribution in [0.3, 0.4) is 0 Å². The zero-order valence-electron chi connectivity index (χ0n) is 8.40. The van der Waals surface area contributed by atoms with Gasteiger partial charge in [-0.05, 0) is 17.7 Å². The van der Waals surface area contributed by atoms with Crippen molar-refractivity contribution in [1.82, 2.24) is 9.55 Å². The second-order valence-corrected chi connectivity index (χ2v) is 3.79. The Labute approximate surface area is 97.1 Å². The molecule has 0 saturated carbocycles. The Balaban J connectivity index is 2.24. The minimum Gasteiger partial charge on any atom is -0.388 e. The third-order valence-corrected chi connectivity index (χ3v) is 2.57. The molecule has 0 spiro atoms. The molecule has 16 heavy (non-hydrogen) atoms. The molecule has 0 aliphatic heterocycles. The highest BCUT2D eigenvalue weighted by atomic mass is 35.5. The zero-order valence-corrected chi connectivity index (χ0v) is 9.15. The average Bonchev–Trinajstić information content (AvgIpc) is 2.71.